The Kier molecular flexibility index (Phi) is 8.26. The first-order valence-electron chi connectivity index (χ1n) is 6.58. The minimum Gasteiger partial charge on any atom is -0.270 e. The summed E-state index contributed by atoms with van der Waals surface area (Å²) in [5, 5.41) is 0. The average molecular weight is 229 g/mol. The van der Waals surface area contributed by atoms with Crippen LogP contribution in [0.4, 0.5) is 0 Å². The quantitative estimate of drug-likeness (QED) is 0.368. The van der Waals surface area contributed by atoms with E-state index in [-0.39, 0.29) is 5.91 Å². The second-order valence-corrected chi connectivity index (χ2v) is 5.42. The zero-order valence-electron chi connectivity index (χ0n) is 11.5. The summed E-state index contributed by atoms with van der Waals surface area (Å²) in [6, 6.07) is 0. The van der Waals surface area contributed by atoms with Crippen LogP contribution in [0.2, 0.25) is 0 Å². The highest BCUT2D eigenvalue weighted by Crippen LogP contribution is 2.08. The van der Waals surface area contributed by atoms with E-state index in [4.69, 9.17) is 0 Å². The lowest BCUT2D eigenvalue weighted by Crippen LogP contribution is -2.51. The molecule has 96 valence electrons. The van der Waals surface area contributed by atoms with Crippen molar-refractivity contribution in [2.45, 2.75) is 58.3 Å². The van der Waals surface area contributed by atoms with Crippen molar-refractivity contribution in [2.75, 3.05) is 21.1 Å². The summed E-state index contributed by atoms with van der Waals surface area (Å²) in [7, 11) is 5.88. The summed E-state index contributed by atoms with van der Waals surface area (Å²) < 4.78 is 0.509. The summed E-state index contributed by atoms with van der Waals surface area (Å²) >= 11 is 0. The molecular formula is C13H29N2O+. The molecule has 1 amide bonds. The van der Waals surface area contributed by atoms with Gasteiger partial charge in [-0.1, -0.05) is 45.4 Å². The number of quaternary nitrogens is 1. The van der Waals surface area contributed by atoms with E-state index in [0.29, 0.717) is 11.0 Å². The third kappa shape index (κ3) is 11.5. The van der Waals surface area contributed by atoms with Gasteiger partial charge in [0.1, 0.15) is 0 Å². The van der Waals surface area contributed by atoms with E-state index >= 15 is 0 Å². The summed E-state index contributed by atoms with van der Waals surface area (Å²) in [5.74, 6) is 0.168. The van der Waals surface area contributed by atoms with Gasteiger partial charge in [0.2, 0.25) is 0 Å². The van der Waals surface area contributed by atoms with Crippen LogP contribution in [0.25, 0.3) is 0 Å². The fraction of sp³-hybridized carbons (Fsp3) is 0.923. The van der Waals surface area contributed by atoms with Gasteiger partial charge in [0.25, 0.3) is 5.91 Å². The van der Waals surface area contributed by atoms with Crippen LogP contribution < -0.4 is 5.43 Å². The third-order valence-electron chi connectivity index (χ3n) is 2.47. The highest BCUT2D eigenvalue weighted by Gasteiger charge is 2.11. The highest BCUT2D eigenvalue weighted by atomic mass is 16.2. The molecule has 0 radical (unpaired) electrons. The molecule has 0 aromatic heterocycles. The maximum atomic E-state index is 11.5. The van der Waals surface area contributed by atoms with E-state index in [2.05, 4.69) is 12.3 Å². The first-order chi connectivity index (χ1) is 7.45. The number of rotatable bonds is 9. The van der Waals surface area contributed by atoms with Crippen LogP contribution in [0, 0.1) is 0 Å². The Hall–Kier alpha value is -0.570. The van der Waals surface area contributed by atoms with Crippen molar-refractivity contribution in [3.8, 4) is 0 Å². The number of nitrogens with zero attached hydrogens (tertiary/aromatic N) is 1. The molecule has 0 atom stereocenters. The van der Waals surface area contributed by atoms with Crippen molar-refractivity contribution < 1.29 is 9.39 Å². The maximum Gasteiger partial charge on any atom is 0.264 e. The smallest absolute Gasteiger partial charge is 0.264 e. The first kappa shape index (κ1) is 15.4. The van der Waals surface area contributed by atoms with Gasteiger partial charge in [-0.15, -0.1) is 0 Å². The predicted octanol–water partition coefficient (Wildman–Crippen LogP) is 2.86. The molecule has 0 fully saturated rings. The van der Waals surface area contributed by atoms with E-state index in [1.165, 1.54) is 38.5 Å². The van der Waals surface area contributed by atoms with Gasteiger partial charge in [0, 0.05) is 6.42 Å². The third-order valence-corrected chi connectivity index (χ3v) is 2.47. The number of unbranched alkanes of at least 4 members (excludes halogenated alkanes) is 6. The lowest BCUT2D eigenvalue weighted by atomic mass is 10.1. The number of hydrogen-bond acceptors (Lipinski definition) is 1. The van der Waals surface area contributed by atoms with Gasteiger partial charge in [0.15, 0.2) is 0 Å². The summed E-state index contributed by atoms with van der Waals surface area (Å²) in [4.78, 5) is 11.5. The molecule has 0 aromatic carbocycles. The molecule has 1 N–H and O–H groups in total. The van der Waals surface area contributed by atoms with Gasteiger partial charge in [-0.25, -0.2) is 10.0 Å². The molecule has 0 aliphatic rings. The van der Waals surface area contributed by atoms with Gasteiger partial charge in [-0.2, -0.15) is 0 Å². The summed E-state index contributed by atoms with van der Waals surface area (Å²) in [5.41, 5.74) is 2.93. The number of amides is 1. The Morgan fingerprint density at radius 1 is 0.938 bits per heavy atom. The van der Waals surface area contributed by atoms with E-state index < -0.39 is 0 Å². The fourth-order valence-corrected chi connectivity index (χ4v) is 1.67. The fourth-order valence-electron chi connectivity index (χ4n) is 1.67. The number of carbonyl (C=O) groups excluding carboxylic acids is 1. The van der Waals surface area contributed by atoms with E-state index in [1.807, 2.05) is 21.1 Å². The molecule has 0 rings (SSSR count). The van der Waals surface area contributed by atoms with E-state index in [1.54, 1.807) is 0 Å². The second-order valence-electron chi connectivity index (χ2n) is 5.42. The Morgan fingerprint density at radius 2 is 1.44 bits per heavy atom. The topological polar surface area (TPSA) is 29.1 Å². The van der Waals surface area contributed by atoms with Crippen molar-refractivity contribution in [3.05, 3.63) is 0 Å². The largest absolute Gasteiger partial charge is 0.270 e. The molecule has 0 aliphatic carbocycles. The van der Waals surface area contributed by atoms with Gasteiger partial charge in [-0.3, -0.25) is 4.79 Å². The minimum absolute atomic E-state index is 0.168. The van der Waals surface area contributed by atoms with Crippen molar-refractivity contribution in [1.82, 2.24) is 5.43 Å². The van der Waals surface area contributed by atoms with Crippen molar-refractivity contribution >= 4 is 5.91 Å². The molecule has 0 saturated heterocycles. The van der Waals surface area contributed by atoms with E-state index in [9.17, 15) is 4.79 Å². The second kappa shape index (κ2) is 8.57. The van der Waals surface area contributed by atoms with Crippen molar-refractivity contribution in [1.29, 1.82) is 0 Å². The molecule has 0 aliphatic heterocycles. The Morgan fingerprint density at radius 3 is 1.94 bits per heavy atom. The molecule has 3 nitrogen and oxygen atoms in total. The molecule has 0 saturated carbocycles. The molecule has 0 spiro atoms. The summed E-state index contributed by atoms with van der Waals surface area (Å²) in [6.45, 7) is 2.23. The summed E-state index contributed by atoms with van der Waals surface area (Å²) in [6.07, 6.45) is 9.48. The van der Waals surface area contributed by atoms with Crippen molar-refractivity contribution in [3.63, 3.8) is 0 Å². The van der Waals surface area contributed by atoms with Gasteiger partial charge in [-0.05, 0) is 6.42 Å². The minimum atomic E-state index is 0.168. The van der Waals surface area contributed by atoms with Crippen LogP contribution in [0.15, 0.2) is 0 Å². The van der Waals surface area contributed by atoms with Crippen LogP contribution in [-0.4, -0.2) is 31.6 Å². The maximum absolute atomic E-state index is 11.5. The van der Waals surface area contributed by atoms with Crippen LogP contribution in [-0.2, 0) is 4.79 Å². The predicted molar refractivity (Wildman–Crippen MR) is 68.8 cm³/mol. The molecule has 3 heteroatoms. The highest BCUT2D eigenvalue weighted by molar-refractivity contribution is 5.74. The monoisotopic (exact) mass is 229 g/mol. The van der Waals surface area contributed by atoms with Crippen molar-refractivity contribution in [2.24, 2.45) is 0 Å². The zero-order valence-corrected chi connectivity index (χ0v) is 11.5. The average Bonchev–Trinajstić information content (AvgIpc) is 2.13. The van der Waals surface area contributed by atoms with Crippen LogP contribution >= 0.6 is 0 Å². The van der Waals surface area contributed by atoms with Crippen LogP contribution in [0.5, 0.6) is 0 Å². The Bertz CT molecular complexity index is 185. The lowest BCUT2D eigenvalue weighted by Gasteiger charge is -2.23. The first-order valence-corrected chi connectivity index (χ1v) is 6.58. The Balaban J connectivity index is 3.28. The van der Waals surface area contributed by atoms with Gasteiger partial charge >= 0.3 is 0 Å². The molecule has 0 heterocycles. The van der Waals surface area contributed by atoms with E-state index in [0.717, 1.165) is 6.42 Å². The number of nitrogens with one attached hydrogen (secondary N) is 1. The molecule has 0 aromatic rings. The lowest BCUT2D eigenvalue weighted by molar-refractivity contribution is -0.906. The zero-order chi connectivity index (χ0) is 12.4. The molecule has 16 heavy (non-hydrogen) atoms. The Labute approximate surface area is 101 Å². The number of hydrogen-bond donors (Lipinski definition) is 1. The van der Waals surface area contributed by atoms with Gasteiger partial charge < -0.3 is 0 Å². The molecular weight excluding hydrogens is 200 g/mol. The van der Waals surface area contributed by atoms with Crippen LogP contribution in [0.1, 0.15) is 58.3 Å². The molecule has 0 unspecified atom stereocenters. The number of carbonyl (C=O) groups is 1. The SMILES string of the molecule is CCCCCCCCCC(=O)N[N+](C)(C)C. The standard InChI is InChI=1S/C13H28N2O/c1-5-6-7-8-9-10-11-12-13(16)14-15(2,3)4/h5-12H2,1-4H3/p+1. The molecule has 0 bridgehead atoms. The normalized spacial score (nSPS) is 11.5. The van der Waals surface area contributed by atoms with Crippen LogP contribution in [0.3, 0.4) is 0 Å². The van der Waals surface area contributed by atoms with Gasteiger partial charge in [0.05, 0.1) is 21.1 Å².